The standard InChI is InChI=1S/C23H24F2N6O3/c1-14-9-29(10-15(2)33-14)11-16-7-18-20(26-8-16)30(23(32)31-21(18)27-13-28-31)12-17-5-3-4-6-19(17)34-22(24)25/h3-8,13-15,22H,9-12H2,1-2H3. The highest BCUT2D eigenvalue weighted by molar-refractivity contribution is 5.89. The molecule has 1 aliphatic rings. The van der Waals surface area contributed by atoms with Crippen LogP contribution in [-0.4, -0.2) is 61.0 Å². The molecule has 1 aromatic carbocycles. The lowest BCUT2D eigenvalue weighted by molar-refractivity contribution is -0.0705. The first kappa shape index (κ1) is 22.4. The first-order valence-electron chi connectivity index (χ1n) is 11.0. The van der Waals surface area contributed by atoms with E-state index in [1.807, 2.05) is 6.07 Å². The van der Waals surface area contributed by atoms with Gasteiger partial charge >= 0.3 is 12.3 Å². The molecule has 5 rings (SSSR count). The summed E-state index contributed by atoms with van der Waals surface area (Å²) in [6, 6.07) is 8.33. The number of pyridine rings is 1. The molecule has 1 aliphatic heterocycles. The number of aromatic nitrogens is 5. The van der Waals surface area contributed by atoms with Crippen molar-refractivity contribution in [3.63, 3.8) is 0 Å². The summed E-state index contributed by atoms with van der Waals surface area (Å²) >= 11 is 0. The minimum Gasteiger partial charge on any atom is -0.434 e. The van der Waals surface area contributed by atoms with Crippen LogP contribution in [-0.2, 0) is 17.8 Å². The number of halogens is 2. The van der Waals surface area contributed by atoms with E-state index >= 15 is 0 Å². The van der Waals surface area contributed by atoms with Gasteiger partial charge in [0.25, 0.3) is 0 Å². The largest absolute Gasteiger partial charge is 0.434 e. The van der Waals surface area contributed by atoms with E-state index < -0.39 is 12.3 Å². The van der Waals surface area contributed by atoms with E-state index in [9.17, 15) is 13.6 Å². The van der Waals surface area contributed by atoms with Crippen molar-refractivity contribution in [1.29, 1.82) is 0 Å². The Kier molecular flexibility index (Phi) is 5.96. The summed E-state index contributed by atoms with van der Waals surface area (Å²) in [4.78, 5) is 24.4. The van der Waals surface area contributed by atoms with Crippen molar-refractivity contribution >= 4 is 16.7 Å². The normalized spacial score (nSPS) is 19.3. The molecule has 34 heavy (non-hydrogen) atoms. The van der Waals surface area contributed by atoms with Crippen LogP contribution in [0.2, 0.25) is 0 Å². The smallest absolute Gasteiger partial charge is 0.387 e. The summed E-state index contributed by atoms with van der Waals surface area (Å²) in [6.45, 7) is 3.40. The van der Waals surface area contributed by atoms with Gasteiger partial charge in [0.1, 0.15) is 17.7 Å². The Bertz CT molecular complexity index is 1380. The molecule has 4 heterocycles. The maximum Gasteiger partial charge on any atom is 0.387 e. The number of ether oxygens (including phenoxy) is 2. The summed E-state index contributed by atoms with van der Waals surface area (Å²) in [5, 5.41) is 4.72. The van der Waals surface area contributed by atoms with Crippen LogP contribution < -0.4 is 10.4 Å². The molecule has 3 aromatic heterocycles. The Morgan fingerprint density at radius 2 is 1.88 bits per heavy atom. The molecule has 0 N–H and O–H groups in total. The number of morpholine rings is 1. The molecule has 0 bridgehead atoms. The van der Waals surface area contributed by atoms with Crippen LogP contribution >= 0.6 is 0 Å². The number of rotatable bonds is 6. The molecule has 0 amide bonds. The maximum absolute atomic E-state index is 13.2. The van der Waals surface area contributed by atoms with Crippen molar-refractivity contribution in [3.8, 4) is 5.75 Å². The Labute approximate surface area is 193 Å². The van der Waals surface area contributed by atoms with E-state index in [2.05, 4.69) is 38.6 Å². The highest BCUT2D eigenvalue weighted by Gasteiger charge is 2.23. The third-order valence-electron chi connectivity index (χ3n) is 5.80. The van der Waals surface area contributed by atoms with Gasteiger partial charge < -0.3 is 9.47 Å². The van der Waals surface area contributed by atoms with Gasteiger partial charge in [-0.3, -0.25) is 9.47 Å². The van der Waals surface area contributed by atoms with Crippen molar-refractivity contribution in [3.05, 3.63) is 64.5 Å². The second kappa shape index (κ2) is 9.07. The molecule has 0 aliphatic carbocycles. The highest BCUT2D eigenvalue weighted by Crippen LogP contribution is 2.24. The van der Waals surface area contributed by atoms with Crippen LogP contribution in [0.3, 0.4) is 0 Å². The Balaban J connectivity index is 1.57. The van der Waals surface area contributed by atoms with Crippen LogP contribution in [0.1, 0.15) is 25.0 Å². The lowest BCUT2D eigenvalue weighted by atomic mass is 10.1. The Morgan fingerprint density at radius 3 is 2.65 bits per heavy atom. The Morgan fingerprint density at radius 1 is 1.12 bits per heavy atom. The fourth-order valence-corrected chi connectivity index (χ4v) is 4.57. The number of nitrogens with zero attached hydrogens (tertiary/aromatic N) is 6. The van der Waals surface area contributed by atoms with Crippen LogP contribution in [0.4, 0.5) is 8.78 Å². The van der Waals surface area contributed by atoms with Gasteiger partial charge in [-0.2, -0.15) is 18.4 Å². The summed E-state index contributed by atoms with van der Waals surface area (Å²) in [5.74, 6) is 0.00316. The molecule has 0 spiro atoms. The van der Waals surface area contributed by atoms with Crippen LogP contribution in [0.5, 0.6) is 5.75 Å². The molecule has 1 fully saturated rings. The van der Waals surface area contributed by atoms with Crippen molar-refractivity contribution in [2.75, 3.05) is 13.1 Å². The predicted octanol–water partition coefficient (Wildman–Crippen LogP) is 2.70. The molecule has 1 saturated heterocycles. The van der Waals surface area contributed by atoms with Crippen molar-refractivity contribution < 1.29 is 18.3 Å². The third kappa shape index (κ3) is 4.36. The summed E-state index contributed by atoms with van der Waals surface area (Å²) in [5.41, 5.74) is 1.71. The van der Waals surface area contributed by atoms with Gasteiger partial charge in [0.05, 0.1) is 24.1 Å². The minimum absolute atomic E-state index is 0.00316. The van der Waals surface area contributed by atoms with E-state index in [0.717, 1.165) is 18.7 Å². The first-order chi connectivity index (χ1) is 16.4. The van der Waals surface area contributed by atoms with Crippen LogP contribution in [0, 0.1) is 0 Å². The summed E-state index contributed by atoms with van der Waals surface area (Å²) < 4.78 is 38.8. The number of fused-ring (bicyclic) bond motifs is 3. The van der Waals surface area contributed by atoms with E-state index in [1.165, 1.54) is 21.5 Å². The second-order valence-corrected chi connectivity index (χ2v) is 8.52. The van der Waals surface area contributed by atoms with Crippen LogP contribution in [0.25, 0.3) is 16.7 Å². The quantitative estimate of drug-likeness (QED) is 0.428. The molecule has 0 saturated carbocycles. The number of hydrogen-bond donors (Lipinski definition) is 0. The van der Waals surface area contributed by atoms with E-state index in [0.29, 0.717) is 28.8 Å². The number of benzene rings is 1. The molecule has 2 atom stereocenters. The van der Waals surface area contributed by atoms with Gasteiger partial charge in [-0.1, -0.05) is 18.2 Å². The van der Waals surface area contributed by atoms with Gasteiger partial charge in [0, 0.05) is 31.4 Å². The summed E-state index contributed by atoms with van der Waals surface area (Å²) in [6.07, 6.45) is 3.33. The van der Waals surface area contributed by atoms with Gasteiger partial charge in [-0.05, 0) is 31.5 Å². The average Bonchev–Trinajstić information content (AvgIpc) is 3.27. The molecular weight excluding hydrogens is 446 g/mol. The first-order valence-corrected chi connectivity index (χ1v) is 11.0. The fraction of sp³-hybridized carbons (Fsp3) is 0.391. The van der Waals surface area contributed by atoms with Crippen LogP contribution in [0.15, 0.2) is 47.7 Å². The van der Waals surface area contributed by atoms with Gasteiger partial charge in [-0.15, -0.1) is 0 Å². The molecule has 0 radical (unpaired) electrons. The Hall–Kier alpha value is -3.44. The molecule has 9 nitrogen and oxygen atoms in total. The highest BCUT2D eigenvalue weighted by atomic mass is 19.3. The SMILES string of the molecule is CC1CN(Cc2cnc3c(c2)c2ncnn2c(=O)n3Cc2ccccc2OC(F)F)CC(C)O1. The molecule has 11 heteroatoms. The van der Waals surface area contributed by atoms with Crippen molar-refractivity contribution in [2.24, 2.45) is 0 Å². The second-order valence-electron chi connectivity index (χ2n) is 8.52. The number of alkyl halides is 2. The zero-order chi connectivity index (χ0) is 23.8. The average molecular weight is 470 g/mol. The van der Waals surface area contributed by atoms with Gasteiger partial charge in [-0.25, -0.2) is 14.8 Å². The number of hydrogen-bond acceptors (Lipinski definition) is 7. The van der Waals surface area contributed by atoms with E-state index in [4.69, 9.17) is 4.74 Å². The topological polar surface area (TPSA) is 86.8 Å². The molecule has 4 aromatic rings. The van der Waals surface area contributed by atoms with E-state index in [1.54, 1.807) is 24.4 Å². The molecule has 178 valence electrons. The number of para-hydroxylation sites is 1. The monoisotopic (exact) mass is 470 g/mol. The summed E-state index contributed by atoms with van der Waals surface area (Å²) in [7, 11) is 0. The van der Waals surface area contributed by atoms with Gasteiger partial charge in [0.2, 0.25) is 0 Å². The fourth-order valence-electron chi connectivity index (χ4n) is 4.57. The molecule has 2 unspecified atom stereocenters. The zero-order valence-electron chi connectivity index (χ0n) is 18.8. The third-order valence-corrected chi connectivity index (χ3v) is 5.80. The minimum atomic E-state index is -2.97. The zero-order valence-corrected chi connectivity index (χ0v) is 18.8. The maximum atomic E-state index is 13.2. The lowest BCUT2D eigenvalue weighted by Gasteiger charge is -2.35. The predicted molar refractivity (Wildman–Crippen MR) is 120 cm³/mol. The lowest BCUT2D eigenvalue weighted by Crippen LogP contribution is -2.44. The van der Waals surface area contributed by atoms with Crippen molar-refractivity contribution in [2.45, 2.75) is 45.8 Å². The van der Waals surface area contributed by atoms with Crippen molar-refractivity contribution in [1.82, 2.24) is 29.0 Å². The molecular formula is C23H24F2N6O3. The van der Waals surface area contributed by atoms with Gasteiger partial charge in [0.15, 0.2) is 5.65 Å². The van der Waals surface area contributed by atoms with E-state index in [-0.39, 0.29) is 24.5 Å².